The average Bonchev–Trinajstić information content (AvgIpc) is 3.10. The van der Waals surface area contributed by atoms with Crippen molar-refractivity contribution < 1.29 is 4.79 Å². The molecule has 25 heavy (non-hydrogen) atoms. The number of fused-ring (bicyclic) bond motifs is 1. The number of carbonyl (C=O) groups is 1. The Balaban J connectivity index is 1.71. The lowest BCUT2D eigenvalue weighted by molar-refractivity contribution is 0.203. The Labute approximate surface area is 154 Å². The van der Waals surface area contributed by atoms with E-state index in [4.69, 9.17) is 11.6 Å². The maximum absolute atomic E-state index is 12.8. The second kappa shape index (κ2) is 8.02. The van der Waals surface area contributed by atoms with Gasteiger partial charge in [0, 0.05) is 31.2 Å². The van der Waals surface area contributed by atoms with Gasteiger partial charge in [-0.05, 0) is 56.6 Å². The van der Waals surface area contributed by atoms with Crippen LogP contribution in [0.15, 0.2) is 30.5 Å². The Bertz CT molecular complexity index is 751. The van der Waals surface area contributed by atoms with Crippen molar-refractivity contribution in [3.63, 3.8) is 0 Å². The van der Waals surface area contributed by atoms with Crippen molar-refractivity contribution in [3.8, 4) is 0 Å². The molecule has 134 valence electrons. The lowest BCUT2D eigenvalue weighted by Crippen LogP contribution is -2.39. The van der Waals surface area contributed by atoms with Gasteiger partial charge in [0.15, 0.2) is 0 Å². The van der Waals surface area contributed by atoms with Gasteiger partial charge in [-0.3, -0.25) is 4.98 Å². The molecule has 2 amide bonds. The van der Waals surface area contributed by atoms with Gasteiger partial charge in [-0.1, -0.05) is 18.5 Å². The van der Waals surface area contributed by atoms with E-state index in [1.165, 1.54) is 0 Å². The van der Waals surface area contributed by atoms with Crippen LogP contribution in [-0.4, -0.2) is 53.5 Å². The molecule has 1 unspecified atom stereocenters. The minimum Gasteiger partial charge on any atom is -0.324 e. The number of pyridine rings is 1. The topological polar surface area (TPSA) is 48.5 Å². The molecule has 1 aromatic carbocycles. The second-order valence-electron chi connectivity index (χ2n) is 6.51. The van der Waals surface area contributed by atoms with Crippen LogP contribution in [0.1, 0.15) is 20.3 Å². The number of nitrogens with one attached hydrogen (secondary N) is 1. The van der Waals surface area contributed by atoms with Crippen molar-refractivity contribution in [2.45, 2.75) is 20.3 Å². The average molecular weight is 361 g/mol. The summed E-state index contributed by atoms with van der Waals surface area (Å²) in [5.74, 6) is 0.550. The first-order chi connectivity index (χ1) is 12.1. The molecule has 5 nitrogen and oxygen atoms in total. The zero-order chi connectivity index (χ0) is 17.8. The van der Waals surface area contributed by atoms with Gasteiger partial charge in [-0.2, -0.15) is 0 Å². The zero-order valence-electron chi connectivity index (χ0n) is 14.8. The molecule has 6 heteroatoms. The summed E-state index contributed by atoms with van der Waals surface area (Å²) in [6.45, 7) is 8.99. The quantitative estimate of drug-likeness (QED) is 0.873. The minimum atomic E-state index is -0.0649. The summed E-state index contributed by atoms with van der Waals surface area (Å²) in [6, 6.07) is 7.33. The van der Waals surface area contributed by atoms with Crippen molar-refractivity contribution >= 4 is 34.2 Å². The molecule has 1 fully saturated rings. The highest BCUT2D eigenvalue weighted by Gasteiger charge is 2.25. The van der Waals surface area contributed by atoms with Crippen LogP contribution < -0.4 is 5.32 Å². The summed E-state index contributed by atoms with van der Waals surface area (Å²) in [5, 5.41) is 4.49. The molecule has 0 bridgehead atoms. The second-order valence-corrected chi connectivity index (χ2v) is 6.92. The van der Waals surface area contributed by atoms with Crippen LogP contribution in [0.25, 0.3) is 10.9 Å². The standard InChI is InChI=1S/C19H25ClN4O/c1-3-23-11-9-14(12-23)13-24(4-2)19(25)22-17-8-7-16(20)18-15(17)6-5-10-21-18/h5-8,10,14H,3-4,9,11-13H2,1-2H3,(H,22,25). The third kappa shape index (κ3) is 4.05. The molecular formula is C19H25ClN4O. The number of aromatic nitrogens is 1. The number of nitrogens with zero attached hydrogens (tertiary/aromatic N) is 3. The van der Waals surface area contributed by atoms with E-state index >= 15 is 0 Å². The number of amides is 2. The molecule has 1 aromatic heterocycles. The van der Waals surface area contributed by atoms with Crippen molar-refractivity contribution in [1.82, 2.24) is 14.8 Å². The van der Waals surface area contributed by atoms with E-state index in [0.29, 0.717) is 23.0 Å². The number of hydrogen-bond acceptors (Lipinski definition) is 3. The molecular weight excluding hydrogens is 336 g/mol. The van der Waals surface area contributed by atoms with Crippen molar-refractivity contribution in [1.29, 1.82) is 0 Å². The molecule has 0 spiro atoms. The first-order valence-electron chi connectivity index (χ1n) is 8.93. The number of likely N-dealkylation sites (tertiary alicyclic amines) is 1. The van der Waals surface area contributed by atoms with Crippen LogP contribution in [0.4, 0.5) is 10.5 Å². The van der Waals surface area contributed by atoms with E-state index in [9.17, 15) is 4.79 Å². The van der Waals surface area contributed by atoms with Crippen molar-refractivity contribution in [2.75, 3.05) is 38.0 Å². The number of benzene rings is 1. The molecule has 1 aliphatic rings. The van der Waals surface area contributed by atoms with Gasteiger partial charge < -0.3 is 15.1 Å². The maximum Gasteiger partial charge on any atom is 0.321 e. The fourth-order valence-corrected chi connectivity index (χ4v) is 3.67. The molecule has 1 aliphatic heterocycles. The fourth-order valence-electron chi connectivity index (χ4n) is 3.46. The fraction of sp³-hybridized carbons (Fsp3) is 0.474. The van der Waals surface area contributed by atoms with Crippen LogP contribution >= 0.6 is 11.6 Å². The van der Waals surface area contributed by atoms with Gasteiger partial charge in [0.25, 0.3) is 0 Å². The van der Waals surface area contributed by atoms with Crippen molar-refractivity contribution in [3.05, 3.63) is 35.5 Å². The summed E-state index contributed by atoms with van der Waals surface area (Å²) in [4.78, 5) is 21.4. The van der Waals surface area contributed by atoms with E-state index < -0.39 is 0 Å². The number of hydrogen-bond donors (Lipinski definition) is 1. The minimum absolute atomic E-state index is 0.0649. The van der Waals surface area contributed by atoms with Gasteiger partial charge in [-0.15, -0.1) is 0 Å². The molecule has 0 saturated carbocycles. The molecule has 2 aromatic rings. The van der Waals surface area contributed by atoms with Gasteiger partial charge in [0.2, 0.25) is 0 Å². The normalized spacial score (nSPS) is 17.8. The lowest BCUT2D eigenvalue weighted by atomic mass is 10.1. The molecule has 1 atom stereocenters. The number of carbonyl (C=O) groups excluding carboxylic acids is 1. The highest BCUT2D eigenvalue weighted by Crippen LogP contribution is 2.28. The summed E-state index contributed by atoms with van der Waals surface area (Å²) in [7, 11) is 0. The molecule has 1 N–H and O–H groups in total. The first-order valence-corrected chi connectivity index (χ1v) is 9.31. The predicted octanol–water partition coefficient (Wildman–Crippen LogP) is 4.08. The number of rotatable bonds is 5. The monoisotopic (exact) mass is 360 g/mol. The predicted molar refractivity (Wildman–Crippen MR) is 103 cm³/mol. The molecule has 2 heterocycles. The van der Waals surface area contributed by atoms with E-state index in [0.717, 1.165) is 43.7 Å². The van der Waals surface area contributed by atoms with Crippen LogP contribution in [0.2, 0.25) is 5.02 Å². The SMILES string of the molecule is CCN1CCC(CN(CC)C(=O)Nc2ccc(Cl)c3ncccc23)C1. The zero-order valence-corrected chi connectivity index (χ0v) is 15.6. The van der Waals surface area contributed by atoms with E-state index in [2.05, 4.69) is 22.1 Å². The van der Waals surface area contributed by atoms with E-state index in [1.807, 2.05) is 30.0 Å². The summed E-state index contributed by atoms with van der Waals surface area (Å²) >= 11 is 6.21. The Morgan fingerprint density at radius 3 is 2.96 bits per heavy atom. The third-order valence-corrected chi connectivity index (χ3v) is 5.23. The van der Waals surface area contributed by atoms with Crippen molar-refractivity contribution in [2.24, 2.45) is 5.92 Å². The maximum atomic E-state index is 12.8. The van der Waals surface area contributed by atoms with Crippen LogP contribution in [0.5, 0.6) is 0 Å². The number of anilines is 1. The highest BCUT2D eigenvalue weighted by molar-refractivity contribution is 6.35. The van der Waals surface area contributed by atoms with Gasteiger partial charge in [0.05, 0.1) is 16.2 Å². The Hall–Kier alpha value is -1.85. The number of halogens is 1. The molecule has 0 radical (unpaired) electrons. The number of urea groups is 1. The Morgan fingerprint density at radius 1 is 1.40 bits per heavy atom. The van der Waals surface area contributed by atoms with E-state index in [-0.39, 0.29) is 6.03 Å². The van der Waals surface area contributed by atoms with Crippen LogP contribution in [0, 0.1) is 5.92 Å². The molecule has 1 saturated heterocycles. The van der Waals surface area contributed by atoms with Gasteiger partial charge >= 0.3 is 6.03 Å². The highest BCUT2D eigenvalue weighted by atomic mass is 35.5. The van der Waals surface area contributed by atoms with Crippen LogP contribution in [0.3, 0.4) is 0 Å². The Morgan fingerprint density at radius 2 is 2.24 bits per heavy atom. The summed E-state index contributed by atoms with van der Waals surface area (Å²) in [6.07, 6.45) is 2.86. The van der Waals surface area contributed by atoms with Crippen LogP contribution in [-0.2, 0) is 0 Å². The molecule has 0 aliphatic carbocycles. The first kappa shape index (κ1) is 18.0. The van der Waals surface area contributed by atoms with E-state index in [1.54, 1.807) is 12.3 Å². The summed E-state index contributed by atoms with van der Waals surface area (Å²) < 4.78 is 0. The largest absolute Gasteiger partial charge is 0.324 e. The van der Waals surface area contributed by atoms with Gasteiger partial charge in [0.1, 0.15) is 0 Å². The smallest absolute Gasteiger partial charge is 0.321 e. The molecule has 3 rings (SSSR count). The Kier molecular flexibility index (Phi) is 5.76. The third-order valence-electron chi connectivity index (χ3n) is 4.93. The lowest BCUT2D eigenvalue weighted by Gasteiger charge is -2.25. The summed E-state index contributed by atoms with van der Waals surface area (Å²) in [5.41, 5.74) is 1.46. The van der Waals surface area contributed by atoms with Gasteiger partial charge in [-0.25, -0.2) is 4.79 Å².